The van der Waals surface area contributed by atoms with Gasteiger partial charge in [-0.05, 0) is 48.7 Å². The van der Waals surface area contributed by atoms with Crippen molar-refractivity contribution in [3.8, 4) is 11.3 Å². The van der Waals surface area contributed by atoms with E-state index >= 15 is 0 Å². The largest absolute Gasteiger partial charge is 0.393 e. The minimum absolute atomic E-state index is 0.0182. The van der Waals surface area contributed by atoms with Crippen LogP contribution in [-0.4, -0.2) is 42.5 Å². The van der Waals surface area contributed by atoms with Crippen LogP contribution in [0.15, 0.2) is 65.8 Å². The first-order valence-corrected chi connectivity index (χ1v) is 10.5. The summed E-state index contributed by atoms with van der Waals surface area (Å²) in [7, 11) is 1.87. The molecule has 2 aromatic heterocycles. The molecule has 2 heterocycles. The molecule has 2 aromatic carbocycles. The molecule has 162 valence electrons. The van der Waals surface area contributed by atoms with Gasteiger partial charge in [-0.15, -0.1) is 0 Å². The number of aliphatic hydroxyl groups excluding tert-OH is 1. The number of aromatic nitrogens is 4. The first-order chi connectivity index (χ1) is 15.5. The van der Waals surface area contributed by atoms with Crippen LogP contribution < -0.4 is 10.9 Å². The number of rotatable bonds is 5. The molecule has 0 radical (unpaired) electrons. The molecule has 0 unspecified atom stereocenters. The average molecular weight is 429 g/mol. The highest BCUT2D eigenvalue weighted by atomic mass is 16.3. The van der Waals surface area contributed by atoms with E-state index in [1.165, 1.54) is 0 Å². The molecule has 0 bridgehead atoms. The molecule has 5 rings (SSSR count). The van der Waals surface area contributed by atoms with Crippen LogP contribution in [0.5, 0.6) is 0 Å². The fourth-order valence-corrected chi connectivity index (χ4v) is 4.07. The number of carbonyl (C=O) groups excluding carboxylic acids is 1. The molecule has 2 N–H and O–H groups in total. The average Bonchev–Trinajstić information content (AvgIpc) is 3.20. The van der Waals surface area contributed by atoms with E-state index in [9.17, 15) is 14.7 Å². The fourth-order valence-electron chi connectivity index (χ4n) is 4.07. The van der Waals surface area contributed by atoms with Crippen LogP contribution in [0.4, 0.5) is 0 Å². The van der Waals surface area contributed by atoms with Crippen molar-refractivity contribution in [3.63, 3.8) is 0 Å². The molecule has 0 aliphatic heterocycles. The summed E-state index contributed by atoms with van der Waals surface area (Å²) in [6, 6.07) is 14.7. The Morgan fingerprint density at radius 2 is 2.03 bits per heavy atom. The van der Waals surface area contributed by atoms with Crippen LogP contribution in [0.1, 0.15) is 28.8 Å². The van der Waals surface area contributed by atoms with Gasteiger partial charge in [0.05, 0.1) is 35.6 Å². The number of fused-ring (bicyclic) bond motifs is 1. The van der Waals surface area contributed by atoms with Gasteiger partial charge in [-0.3, -0.25) is 18.8 Å². The second-order valence-electron chi connectivity index (χ2n) is 8.25. The van der Waals surface area contributed by atoms with E-state index in [0.29, 0.717) is 35.9 Å². The highest BCUT2D eigenvalue weighted by Gasteiger charge is 2.28. The zero-order valence-electron chi connectivity index (χ0n) is 17.6. The maximum Gasteiger partial charge on any atom is 0.261 e. The van der Waals surface area contributed by atoms with Crippen molar-refractivity contribution in [2.24, 2.45) is 7.05 Å². The molecule has 4 aromatic rings. The lowest BCUT2D eigenvalue weighted by molar-refractivity contribution is 0.0562. The lowest BCUT2D eigenvalue weighted by atomic mass is 9.89. The van der Waals surface area contributed by atoms with Gasteiger partial charge in [-0.25, -0.2) is 4.98 Å². The second-order valence-corrected chi connectivity index (χ2v) is 8.25. The molecule has 8 nitrogen and oxygen atoms in total. The molecule has 1 aliphatic carbocycles. The maximum atomic E-state index is 13.0. The Balaban J connectivity index is 1.38. The van der Waals surface area contributed by atoms with Gasteiger partial charge in [0.15, 0.2) is 0 Å². The first-order valence-electron chi connectivity index (χ1n) is 10.5. The molecule has 0 atom stereocenters. The molecule has 1 saturated carbocycles. The zero-order valence-corrected chi connectivity index (χ0v) is 17.6. The molecular weight excluding hydrogens is 406 g/mol. The predicted molar refractivity (Wildman–Crippen MR) is 120 cm³/mol. The Kier molecular flexibility index (Phi) is 5.07. The monoisotopic (exact) mass is 429 g/mol. The third-order valence-electron chi connectivity index (χ3n) is 5.93. The Bertz CT molecular complexity index is 1370. The van der Waals surface area contributed by atoms with Crippen molar-refractivity contribution in [3.05, 3.63) is 82.5 Å². The number of nitrogens with zero attached hydrogens (tertiary/aromatic N) is 4. The van der Waals surface area contributed by atoms with Crippen molar-refractivity contribution in [2.45, 2.75) is 31.5 Å². The fraction of sp³-hybridized carbons (Fsp3) is 0.250. The summed E-state index contributed by atoms with van der Waals surface area (Å²) in [5.41, 5.74) is 3.75. The zero-order chi connectivity index (χ0) is 22.2. The van der Waals surface area contributed by atoms with Crippen molar-refractivity contribution in [1.82, 2.24) is 24.6 Å². The summed E-state index contributed by atoms with van der Waals surface area (Å²) < 4.78 is 3.32. The number of aryl methyl sites for hydroxylation is 1. The third-order valence-corrected chi connectivity index (χ3v) is 5.93. The van der Waals surface area contributed by atoms with E-state index < -0.39 is 0 Å². The number of hydrogen-bond donors (Lipinski definition) is 2. The van der Waals surface area contributed by atoms with Crippen LogP contribution in [0.3, 0.4) is 0 Å². The normalized spacial score (nSPS) is 17.8. The van der Waals surface area contributed by atoms with E-state index in [0.717, 1.165) is 16.8 Å². The van der Waals surface area contributed by atoms with Gasteiger partial charge in [-0.2, -0.15) is 5.10 Å². The number of amides is 1. The molecule has 32 heavy (non-hydrogen) atoms. The van der Waals surface area contributed by atoms with Gasteiger partial charge >= 0.3 is 0 Å². The van der Waals surface area contributed by atoms with Crippen LogP contribution >= 0.6 is 0 Å². The first kappa shape index (κ1) is 20.1. The van der Waals surface area contributed by atoms with Gasteiger partial charge in [0, 0.05) is 30.4 Å². The molecule has 1 aliphatic rings. The van der Waals surface area contributed by atoms with Crippen molar-refractivity contribution in [1.29, 1.82) is 0 Å². The van der Waals surface area contributed by atoms with Gasteiger partial charge < -0.3 is 10.4 Å². The Morgan fingerprint density at radius 3 is 2.78 bits per heavy atom. The highest BCUT2D eigenvalue weighted by molar-refractivity contribution is 5.94. The molecular formula is C24H23N5O3. The van der Waals surface area contributed by atoms with E-state index in [1.54, 1.807) is 46.0 Å². The van der Waals surface area contributed by atoms with E-state index in [2.05, 4.69) is 15.4 Å². The second kappa shape index (κ2) is 8.05. The SMILES string of the molecule is Cn1nccc1-c1ccc2c(=O)n(Cc3cccc(C(=O)NC4CC(O)C4)c3)cnc2c1. The molecule has 0 saturated heterocycles. The van der Waals surface area contributed by atoms with Crippen molar-refractivity contribution in [2.75, 3.05) is 0 Å². The summed E-state index contributed by atoms with van der Waals surface area (Å²) in [4.78, 5) is 30.0. The van der Waals surface area contributed by atoms with Crippen molar-refractivity contribution >= 4 is 16.8 Å². The van der Waals surface area contributed by atoms with E-state index in [1.807, 2.05) is 31.3 Å². The van der Waals surface area contributed by atoms with Crippen LogP contribution in [0.2, 0.25) is 0 Å². The smallest absolute Gasteiger partial charge is 0.261 e. The summed E-state index contributed by atoms with van der Waals surface area (Å²) in [5.74, 6) is -0.171. The number of carbonyl (C=O) groups is 1. The van der Waals surface area contributed by atoms with E-state index in [4.69, 9.17) is 0 Å². The van der Waals surface area contributed by atoms with Crippen molar-refractivity contribution < 1.29 is 9.90 Å². The summed E-state index contributed by atoms with van der Waals surface area (Å²) >= 11 is 0. The van der Waals surface area contributed by atoms with Gasteiger partial charge in [0.2, 0.25) is 0 Å². The van der Waals surface area contributed by atoms with Gasteiger partial charge in [0.1, 0.15) is 0 Å². The van der Waals surface area contributed by atoms with Crippen LogP contribution in [0, 0.1) is 0 Å². The van der Waals surface area contributed by atoms with Crippen LogP contribution in [0.25, 0.3) is 22.2 Å². The molecule has 0 spiro atoms. The van der Waals surface area contributed by atoms with Gasteiger partial charge in [-0.1, -0.05) is 18.2 Å². The number of hydrogen-bond acceptors (Lipinski definition) is 5. The number of nitrogens with one attached hydrogen (secondary N) is 1. The minimum Gasteiger partial charge on any atom is -0.393 e. The summed E-state index contributed by atoms with van der Waals surface area (Å²) in [5, 5.41) is 17.0. The lowest BCUT2D eigenvalue weighted by Gasteiger charge is -2.31. The third kappa shape index (κ3) is 3.80. The lowest BCUT2D eigenvalue weighted by Crippen LogP contribution is -2.46. The number of aliphatic hydroxyl groups is 1. The summed E-state index contributed by atoms with van der Waals surface area (Å²) in [6.45, 7) is 0.314. The quantitative estimate of drug-likeness (QED) is 0.506. The standard InChI is InChI=1S/C24H23N5O3/c1-28-22(7-8-26-28)16-5-6-20-21(10-16)25-14-29(24(20)32)13-15-3-2-4-17(9-15)23(31)27-18-11-19(30)12-18/h2-10,14,18-19,30H,11-13H2,1H3,(H,27,31). The topological polar surface area (TPSA) is 102 Å². The molecule has 8 heteroatoms. The maximum absolute atomic E-state index is 13.0. The molecule has 1 amide bonds. The Hall–Kier alpha value is -3.78. The number of benzene rings is 2. The Labute approximate surface area is 184 Å². The predicted octanol–water partition coefficient (Wildman–Crippen LogP) is 2.10. The Morgan fingerprint density at radius 1 is 1.19 bits per heavy atom. The highest BCUT2D eigenvalue weighted by Crippen LogP contribution is 2.22. The summed E-state index contributed by atoms with van der Waals surface area (Å²) in [6.07, 6.45) is 4.13. The minimum atomic E-state index is -0.320. The van der Waals surface area contributed by atoms with Gasteiger partial charge in [0.25, 0.3) is 11.5 Å². The van der Waals surface area contributed by atoms with E-state index in [-0.39, 0.29) is 23.6 Å². The molecule has 1 fully saturated rings. The van der Waals surface area contributed by atoms with Crippen LogP contribution in [-0.2, 0) is 13.6 Å².